The molecule has 2 amide bonds. The van der Waals surface area contributed by atoms with Crippen LogP contribution in [0.5, 0.6) is 11.8 Å². The highest BCUT2D eigenvalue weighted by molar-refractivity contribution is 6.06. The predicted octanol–water partition coefficient (Wildman–Crippen LogP) is 2.41. The molecular formula is C18H21N3O4. The number of aromatic nitrogens is 1. The summed E-state index contributed by atoms with van der Waals surface area (Å²) in [5.41, 5.74) is 2.21. The lowest BCUT2D eigenvalue weighted by Crippen LogP contribution is -2.22. The largest absolute Gasteiger partial charge is 0.481 e. The zero-order chi connectivity index (χ0) is 18.4. The number of benzene rings is 1. The molecule has 0 atom stereocenters. The summed E-state index contributed by atoms with van der Waals surface area (Å²) in [6, 6.07) is 8.25. The lowest BCUT2D eigenvalue weighted by Gasteiger charge is -2.12. The Hall–Kier alpha value is -3.09. The molecule has 2 N–H and O–H groups in total. The molecule has 1 aromatic heterocycles. The highest BCUT2D eigenvalue weighted by atomic mass is 16.5. The van der Waals surface area contributed by atoms with Crippen LogP contribution in [0.15, 0.2) is 30.3 Å². The van der Waals surface area contributed by atoms with Gasteiger partial charge in [0.2, 0.25) is 11.8 Å². The van der Waals surface area contributed by atoms with E-state index in [0.717, 1.165) is 5.56 Å². The molecule has 132 valence electrons. The van der Waals surface area contributed by atoms with Crippen LogP contribution >= 0.6 is 0 Å². The second kappa shape index (κ2) is 8.14. The van der Waals surface area contributed by atoms with Crippen molar-refractivity contribution in [2.75, 3.05) is 26.1 Å². The van der Waals surface area contributed by atoms with Crippen molar-refractivity contribution in [3.63, 3.8) is 0 Å². The maximum Gasteiger partial charge on any atom is 0.261 e. The van der Waals surface area contributed by atoms with E-state index in [4.69, 9.17) is 9.47 Å². The molecule has 0 aliphatic rings. The van der Waals surface area contributed by atoms with E-state index in [0.29, 0.717) is 23.7 Å². The van der Waals surface area contributed by atoms with Crippen molar-refractivity contribution in [3.8, 4) is 11.8 Å². The summed E-state index contributed by atoms with van der Waals surface area (Å²) in [5, 5.41) is 5.54. The number of aryl methyl sites for hydroxylation is 1. The summed E-state index contributed by atoms with van der Waals surface area (Å²) in [6.45, 7) is 4.23. The molecule has 7 heteroatoms. The molecular weight excluding hydrogens is 322 g/mol. The lowest BCUT2D eigenvalue weighted by molar-refractivity contribution is 0.0955. The second-order valence-electron chi connectivity index (χ2n) is 5.25. The van der Waals surface area contributed by atoms with Gasteiger partial charge >= 0.3 is 0 Å². The zero-order valence-corrected chi connectivity index (χ0v) is 14.7. The van der Waals surface area contributed by atoms with E-state index in [-0.39, 0.29) is 23.3 Å². The van der Waals surface area contributed by atoms with Gasteiger partial charge in [0.15, 0.2) is 0 Å². The Morgan fingerprint density at radius 2 is 1.84 bits per heavy atom. The molecule has 2 rings (SSSR count). The van der Waals surface area contributed by atoms with Crippen molar-refractivity contribution in [1.29, 1.82) is 0 Å². The van der Waals surface area contributed by atoms with Gasteiger partial charge in [-0.05, 0) is 43.7 Å². The first kappa shape index (κ1) is 18.3. The van der Waals surface area contributed by atoms with E-state index in [1.54, 1.807) is 30.3 Å². The van der Waals surface area contributed by atoms with Crippen LogP contribution in [0.2, 0.25) is 0 Å². The molecule has 0 bridgehead atoms. The summed E-state index contributed by atoms with van der Waals surface area (Å²) in [4.78, 5) is 28.5. The van der Waals surface area contributed by atoms with Gasteiger partial charge < -0.3 is 20.1 Å². The molecule has 25 heavy (non-hydrogen) atoms. The molecule has 1 aromatic carbocycles. The molecule has 0 aliphatic heterocycles. The standard InChI is InChI=1S/C18H21N3O4/c1-5-19-16(22)12-6-8-14(11(2)10-12)20-17(23)13-7-9-15(24-3)21-18(13)25-4/h6-10H,5H2,1-4H3,(H,19,22)(H,20,23). The van der Waals surface area contributed by atoms with Crippen molar-refractivity contribution < 1.29 is 19.1 Å². The summed E-state index contributed by atoms with van der Waals surface area (Å²) in [6.07, 6.45) is 0. The Balaban J connectivity index is 2.22. The Bertz CT molecular complexity index is 790. The molecule has 0 spiro atoms. The number of anilines is 1. The maximum absolute atomic E-state index is 12.5. The van der Waals surface area contributed by atoms with E-state index in [1.807, 2.05) is 13.8 Å². The van der Waals surface area contributed by atoms with E-state index in [2.05, 4.69) is 15.6 Å². The predicted molar refractivity (Wildman–Crippen MR) is 94.5 cm³/mol. The van der Waals surface area contributed by atoms with Gasteiger partial charge in [0, 0.05) is 23.9 Å². The van der Waals surface area contributed by atoms with Crippen molar-refractivity contribution in [3.05, 3.63) is 47.0 Å². The third-order valence-electron chi connectivity index (χ3n) is 3.56. The molecule has 0 aliphatic carbocycles. The smallest absolute Gasteiger partial charge is 0.261 e. The van der Waals surface area contributed by atoms with Crippen molar-refractivity contribution in [2.24, 2.45) is 0 Å². The molecule has 0 unspecified atom stereocenters. The van der Waals surface area contributed by atoms with Crippen LogP contribution in [0.3, 0.4) is 0 Å². The average molecular weight is 343 g/mol. The van der Waals surface area contributed by atoms with Gasteiger partial charge in [-0.1, -0.05) is 0 Å². The minimum atomic E-state index is -0.360. The van der Waals surface area contributed by atoms with Gasteiger partial charge in [-0.2, -0.15) is 4.98 Å². The summed E-state index contributed by atoms with van der Waals surface area (Å²) in [7, 11) is 2.92. The number of hydrogen-bond donors (Lipinski definition) is 2. The first-order chi connectivity index (χ1) is 12.0. The molecule has 0 fully saturated rings. The van der Waals surface area contributed by atoms with Crippen LogP contribution in [-0.2, 0) is 0 Å². The van der Waals surface area contributed by atoms with E-state index < -0.39 is 0 Å². The van der Waals surface area contributed by atoms with E-state index in [9.17, 15) is 9.59 Å². The van der Waals surface area contributed by atoms with Gasteiger partial charge in [0.25, 0.3) is 11.8 Å². The van der Waals surface area contributed by atoms with Crippen molar-refractivity contribution in [1.82, 2.24) is 10.3 Å². The molecule has 0 radical (unpaired) electrons. The molecule has 1 heterocycles. The van der Waals surface area contributed by atoms with Crippen LogP contribution < -0.4 is 20.1 Å². The number of carbonyl (C=O) groups is 2. The van der Waals surface area contributed by atoms with Gasteiger partial charge in [-0.3, -0.25) is 9.59 Å². The topological polar surface area (TPSA) is 89.6 Å². The van der Waals surface area contributed by atoms with Gasteiger partial charge in [-0.15, -0.1) is 0 Å². The first-order valence-corrected chi connectivity index (χ1v) is 7.79. The van der Waals surface area contributed by atoms with Gasteiger partial charge in [0.05, 0.1) is 14.2 Å². The number of nitrogens with one attached hydrogen (secondary N) is 2. The van der Waals surface area contributed by atoms with Crippen LogP contribution in [0.25, 0.3) is 0 Å². The first-order valence-electron chi connectivity index (χ1n) is 7.79. The highest BCUT2D eigenvalue weighted by Gasteiger charge is 2.16. The summed E-state index contributed by atoms with van der Waals surface area (Å²) < 4.78 is 10.2. The molecule has 0 saturated heterocycles. The molecule has 2 aromatic rings. The van der Waals surface area contributed by atoms with Crippen LogP contribution in [0.1, 0.15) is 33.2 Å². The maximum atomic E-state index is 12.5. The van der Waals surface area contributed by atoms with Crippen molar-refractivity contribution >= 4 is 17.5 Å². The quantitative estimate of drug-likeness (QED) is 0.841. The van der Waals surface area contributed by atoms with Crippen LogP contribution in [0.4, 0.5) is 5.69 Å². The van der Waals surface area contributed by atoms with E-state index >= 15 is 0 Å². The zero-order valence-electron chi connectivity index (χ0n) is 14.7. The number of carbonyl (C=O) groups excluding carboxylic acids is 2. The Morgan fingerprint density at radius 1 is 1.08 bits per heavy atom. The number of rotatable bonds is 6. The Morgan fingerprint density at radius 3 is 2.44 bits per heavy atom. The summed E-state index contributed by atoms with van der Waals surface area (Å²) in [5.74, 6) is 0.0229. The number of methoxy groups -OCH3 is 2. The van der Waals surface area contributed by atoms with Crippen LogP contribution in [-0.4, -0.2) is 37.6 Å². The number of amides is 2. The fourth-order valence-corrected chi connectivity index (χ4v) is 2.26. The average Bonchev–Trinajstić information content (AvgIpc) is 2.62. The van der Waals surface area contributed by atoms with Crippen LogP contribution in [0, 0.1) is 6.92 Å². The Labute approximate surface area is 146 Å². The van der Waals surface area contributed by atoms with Gasteiger partial charge in [-0.25, -0.2) is 0 Å². The lowest BCUT2D eigenvalue weighted by atomic mass is 10.1. The Kier molecular flexibility index (Phi) is 5.94. The SMILES string of the molecule is CCNC(=O)c1ccc(NC(=O)c2ccc(OC)nc2OC)c(C)c1. The fraction of sp³-hybridized carbons (Fsp3) is 0.278. The van der Waals surface area contributed by atoms with E-state index in [1.165, 1.54) is 14.2 Å². The minimum absolute atomic E-state index is 0.149. The number of hydrogen-bond acceptors (Lipinski definition) is 5. The van der Waals surface area contributed by atoms with Crippen molar-refractivity contribution in [2.45, 2.75) is 13.8 Å². The fourth-order valence-electron chi connectivity index (χ4n) is 2.26. The monoisotopic (exact) mass is 343 g/mol. The third kappa shape index (κ3) is 4.26. The normalized spacial score (nSPS) is 10.1. The third-order valence-corrected chi connectivity index (χ3v) is 3.56. The second-order valence-corrected chi connectivity index (χ2v) is 5.25. The summed E-state index contributed by atoms with van der Waals surface area (Å²) >= 11 is 0. The number of nitrogens with zero attached hydrogens (tertiary/aromatic N) is 1. The minimum Gasteiger partial charge on any atom is -0.481 e. The highest BCUT2D eigenvalue weighted by Crippen LogP contribution is 2.23. The molecule has 0 saturated carbocycles. The molecule has 7 nitrogen and oxygen atoms in total. The van der Waals surface area contributed by atoms with Gasteiger partial charge in [0.1, 0.15) is 5.56 Å². The number of ether oxygens (including phenoxy) is 2. The number of pyridine rings is 1.